The molecule has 0 bridgehead atoms. The molecule has 0 unspecified atom stereocenters. The number of nitrogens with zero attached hydrogens (tertiary/aromatic N) is 3. The van der Waals surface area contributed by atoms with Gasteiger partial charge in [-0.15, -0.1) is 6.58 Å². The highest BCUT2D eigenvalue weighted by molar-refractivity contribution is 5.79. The van der Waals surface area contributed by atoms with Crippen LogP contribution in [0.5, 0.6) is 0 Å². The van der Waals surface area contributed by atoms with Crippen LogP contribution in [0.2, 0.25) is 0 Å². The van der Waals surface area contributed by atoms with E-state index in [4.69, 9.17) is 4.74 Å². The molecule has 1 aliphatic heterocycles. The summed E-state index contributed by atoms with van der Waals surface area (Å²) in [6.07, 6.45) is 6.55. The molecule has 1 heterocycles. The SMILES string of the molecule is C=CCCCN(C)C(=NC)NCCCCN1CCOCC1. The summed E-state index contributed by atoms with van der Waals surface area (Å²) in [4.78, 5) is 9.00. The summed E-state index contributed by atoms with van der Waals surface area (Å²) in [6, 6.07) is 0. The first-order valence-electron chi connectivity index (χ1n) is 8.10. The van der Waals surface area contributed by atoms with Gasteiger partial charge in [0, 0.05) is 40.3 Å². The van der Waals surface area contributed by atoms with Crippen molar-refractivity contribution < 1.29 is 4.74 Å². The normalized spacial score (nSPS) is 16.8. The van der Waals surface area contributed by atoms with Gasteiger partial charge >= 0.3 is 0 Å². The topological polar surface area (TPSA) is 40.1 Å². The lowest BCUT2D eigenvalue weighted by Gasteiger charge is -2.26. The molecule has 0 amide bonds. The number of hydrogen-bond donors (Lipinski definition) is 1. The van der Waals surface area contributed by atoms with Crippen molar-refractivity contribution in [1.29, 1.82) is 0 Å². The summed E-state index contributed by atoms with van der Waals surface area (Å²) in [5, 5.41) is 3.44. The predicted molar refractivity (Wildman–Crippen MR) is 89.9 cm³/mol. The average Bonchev–Trinajstić information content (AvgIpc) is 2.52. The van der Waals surface area contributed by atoms with E-state index in [-0.39, 0.29) is 0 Å². The molecule has 1 saturated heterocycles. The number of ether oxygens (including phenoxy) is 1. The number of aliphatic imine (C=N–C) groups is 1. The van der Waals surface area contributed by atoms with Crippen LogP contribution in [0.1, 0.15) is 25.7 Å². The zero-order chi connectivity index (χ0) is 15.3. The maximum absolute atomic E-state index is 5.36. The second-order valence-electron chi connectivity index (χ2n) is 5.49. The van der Waals surface area contributed by atoms with Crippen molar-refractivity contribution >= 4 is 5.96 Å². The molecule has 122 valence electrons. The van der Waals surface area contributed by atoms with Gasteiger partial charge in [-0.1, -0.05) is 6.08 Å². The first-order chi connectivity index (χ1) is 10.3. The molecule has 0 aliphatic carbocycles. The molecule has 21 heavy (non-hydrogen) atoms. The van der Waals surface area contributed by atoms with Crippen molar-refractivity contribution in [2.24, 2.45) is 4.99 Å². The van der Waals surface area contributed by atoms with Gasteiger partial charge in [0.2, 0.25) is 0 Å². The third kappa shape index (κ3) is 8.07. The first kappa shape index (κ1) is 18.0. The largest absolute Gasteiger partial charge is 0.379 e. The van der Waals surface area contributed by atoms with Gasteiger partial charge in [-0.25, -0.2) is 0 Å². The molecule has 1 aliphatic rings. The second kappa shape index (κ2) is 11.6. The smallest absolute Gasteiger partial charge is 0.193 e. The number of guanidine groups is 1. The predicted octanol–water partition coefficient (Wildman–Crippen LogP) is 1.57. The monoisotopic (exact) mass is 296 g/mol. The third-order valence-corrected chi connectivity index (χ3v) is 3.76. The molecule has 0 aromatic heterocycles. The van der Waals surface area contributed by atoms with Gasteiger partial charge in [0.15, 0.2) is 5.96 Å². The van der Waals surface area contributed by atoms with E-state index >= 15 is 0 Å². The highest BCUT2D eigenvalue weighted by Crippen LogP contribution is 2.00. The van der Waals surface area contributed by atoms with E-state index < -0.39 is 0 Å². The summed E-state index contributed by atoms with van der Waals surface area (Å²) in [5.74, 6) is 0.991. The van der Waals surface area contributed by atoms with E-state index in [1.54, 1.807) is 0 Å². The van der Waals surface area contributed by atoms with Crippen molar-refractivity contribution in [2.75, 3.05) is 60.0 Å². The third-order valence-electron chi connectivity index (χ3n) is 3.76. The Morgan fingerprint density at radius 3 is 2.76 bits per heavy atom. The Labute approximate surface area is 130 Å². The molecule has 0 aromatic rings. The molecule has 1 rings (SSSR count). The van der Waals surface area contributed by atoms with Crippen LogP contribution >= 0.6 is 0 Å². The van der Waals surface area contributed by atoms with E-state index in [1.165, 1.54) is 19.4 Å². The summed E-state index contributed by atoms with van der Waals surface area (Å²) >= 11 is 0. The van der Waals surface area contributed by atoms with Crippen LogP contribution in [0.3, 0.4) is 0 Å². The molecule has 0 radical (unpaired) electrons. The second-order valence-corrected chi connectivity index (χ2v) is 5.49. The standard InChI is InChI=1S/C16H32N4O/c1-4-5-7-10-19(3)16(17-2)18-9-6-8-11-20-12-14-21-15-13-20/h4H,1,5-15H2,2-3H3,(H,17,18). The maximum atomic E-state index is 5.36. The Morgan fingerprint density at radius 1 is 1.33 bits per heavy atom. The number of morpholine rings is 1. The van der Waals surface area contributed by atoms with Gasteiger partial charge in [-0.05, 0) is 32.2 Å². The number of rotatable bonds is 9. The van der Waals surface area contributed by atoms with Crippen molar-refractivity contribution in [3.8, 4) is 0 Å². The van der Waals surface area contributed by atoms with Crippen LogP contribution < -0.4 is 5.32 Å². The van der Waals surface area contributed by atoms with Crippen LogP contribution in [0.4, 0.5) is 0 Å². The molecule has 0 atom stereocenters. The van der Waals surface area contributed by atoms with Crippen LogP contribution in [0.15, 0.2) is 17.6 Å². The van der Waals surface area contributed by atoms with E-state index in [1.807, 2.05) is 13.1 Å². The van der Waals surface area contributed by atoms with Crippen LogP contribution in [0, 0.1) is 0 Å². The fourth-order valence-corrected chi connectivity index (χ4v) is 2.45. The van der Waals surface area contributed by atoms with Crippen molar-refractivity contribution in [3.63, 3.8) is 0 Å². The molecule has 1 N–H and O–H groups in total. The van der Waals surface area contributed by atoms with E-state index in [2.05, 4.69) is 33.7 Å². The van der Waals surface area contributed by atoms with E-state index in [0.717, 1.165) is 58.2 Å². The summed E-state index contributed by atoms with van der Waals surface area (Å²) < 4.78 is 5.36. The minimum atomic E-state index is 0.889. The lowest BCUT2D eigenvalue weighted by atomic mass is 10.2. The summed E-state index contributed by atoms with van der Waals surface area (Å²) in [5.41, 5.74) is 0. The maximum Gasteiger partial charge on any atom is 0.193 e. The molecule has 0 aromatic carbocycles. The van der Waals surface area contributed by atoms with Gasteiger partial charge in [-0.2, -0.15) is 0 Å². The Bertz CT molecular complexity index is 301. The number of allylic oxidation sites excluding steroid dienone is 1. The highest BCUT2D eigenvalue weighted by atomic mass is 16.5. The average molecular weight is 296 g/mol. The lowest BCUT2D eigenvalue weighted by molar-refractivity contribution is 0.0372. The minimum Gasteiger partial charge on any atom is -0.379 e. The molecule has 5 nitrogen and oxygen atoms in total. The summed E-state index contributed by atoms with van der Waals surface area (Å²) in [6.45, 7) is 10.9. The fraction of sp³-hybridized carbons (Fsp3) is 0.812. The highest BCUT2D eigenvalue weighted by Gasteiger charge is 2.09. The van der Waals surface area contributed by atoms with Gasteiger partial charge in [-0.3, -0.25) is 9.89 Å². The molecular weight excluding hydrogens is 264 g/mol. The fourth-order valence-electron chi connectivity index (χ4n) is 2.45. The molecule has 1 fully saturated rings. The Morgan fingerprint density at radius 2 is 2.10 bits per heavy atom. The van der Waals surface area contributed by atoms with Crippen molar-refractivity contribution in [2.45, 2.75) is 25.7 Å². The Balaban J connectivity index is 2.07. The quantitative estimate of drug-likeness (QED) is 0.303. The first-order valence-corrected chi connectivity index (χ1v) is 8.10. The Hall–Kier alpha value is -1.07. The van der Waals surface area contributed by atoms with Gasteiger partial charge in [0.05, 0.1) is 13.2 Å². The van der Waals surface area contributed by atoms with E-state index in [9.17, 15) is 0 Å². The van der Waals surface area contributed by atoms with Gasteiger partial charge in [0.25, 0.3) is 0 Å². The van der Waals surface area contributed by atoms with Crippen molar-refractivity contribution in [1.82, 2.24) is 15.1 Å². The zero-order valence-electron chi connectivity index (χ0n) is 13.8. The summed E-state index contributed by atoms with van der Waals surface area (Å²) in [7, 11) is 3.94. The molecular formula is C16H32N4O. The lowest BCUT2D eigenvalue weighted by Crippen LogP contribution is -2.40. The molecule has 5 heteroatoms. The van der Waals surface area contributed by atoms with E-state index in [0.29, 0.717) is 0 Å². The van der Waals surface area contributed by atoms with Gasteiger partial charge in [0.1, 0.15) is 0 Å². The zero-order valence-corrected chi connectivity index (χ0v) is 13.8. The molecule has 0 saturated carbocycles. The number of nitrogens with one attached hydrogen (secondary N) is 1. The number of hydrogen-bond acceptors (Lipinski definition) is 3. The number of unbranched alkanes of at least 4 members (excludes halogenated alkanes) is 2. The minimum absolute atomic E-state index is 0.889. The van der Waals surface area contributed by atoms with Crippen LogP contribution in [-0.4, -0.2) is 75.8 Å². The van der Waals surface area contributed by atoms with Crippen molar-refractivity contribution in [3.05, 3.63) is 12.7 Å². The van der Waals surface area contributed by atoms with Crippen LogP contribution in [-0.2, 0) is 4.74 Å². The Kier molecular flexibility index (Phi) is 9.91. The van der Waals surface area contributed by atoms with Crippen LogP contribution in [0.25, 0.3) is 0 Å². The molecule has 0 spiro atoms. The van der Waals surface area contributed by atoms with Gasteiger partial charge < -0.3 is 15.0 Å².